The molecule has 0 aliphatic heterocycles. The predicted molar refractivity (Wildman–Crippen MR) is 61.2 cm³/mol. The van der Waals surface area contributed by atoms with Crippen LogP contribution in [0.5, 0.6) is 0 Å². The van der Waals surface area contributed by atoms with E-state index in [-0.39, 0.29) is 12.7 Å². The van der Waals surface area contributed by atoms with E-state index in [2.05, 4.69) is 5.32 Å². The van der Waals surface area contributed by atoms with Gasteiger partial charge in [-0.05, 0) is 12.1 Å². The van der Waals surface area contributed by atoms with Crippen LogP contribution in [0.4, 0.5) is 10.5 Å². The Morgan fingerprint density at radius 1 is 1.50 bits per heavy atom. The number of hydrogen-bond acceptors (Lipinski definition) is 3. The number of carbonyl (C=O) groups is 1. The molecule has 0 unspecified atom stereocenters. The predicted octanol–water partition coefficient (Wildman–Crippen LogP) is 0.700. The molecule has 1 aromatic rings. The molecule has 0 heterocycles. The van der Waals surface area contributed by atoms with Crippen LogP contribution in [0.3, 0.4) is 0 Å². The van der Waals surface area contributed by atoms with E-state index in [0.717, 1.165) is 5.69 Å². The fourth-order valence-electron chi connectivity index (χ4n) is 1.03. The molecule has 16 heavy (non-hydrogen) atoms. The number of amides is 1. The van der Waals surface area contributed by atoms with Gasteiger partial charge in [0.1, 0.15) is 0 Å². The smallest absolute Gasteiger partial charge is 0.415 e. The minimum Gasteiger partial charge on any atom is -0.428 e. The second-order valence-corrected chi connectivity index (χ2v) is 3.04. The number of rotatable bonds is 3. The highest BCUT2D eigenvalue weighted by Gasteiger charge is 2.10. The van der Waals surface area contributed by atoms with Gasteiger partial charge in [-0.1, -0.05) is 18.2 Å². The molecule has 0 spiro atoms. The van der Waals surface area contributed by atoms with Gasteiger partial charge in [-0.3, -0.25) is 10.3 Å². The second-order valence-electron chi connectivity index (χ2n) is 3.04. The van der Waals surface area contributed by atoms with Gasteiger partial charge in [-0.15, -0.1) is 0 Å². The van der Waals surface area contributed by atoms with E-state index in [1.165, 1.54) is 4.90 Å². The van der Waals surface area contributed by atoms with Crippen molar-refractivity contribution < 1.29 is 9.53 Å². The quantitative estimate of drug-likeness (QED) is 0.399. The Labute approximate surface area is 93.5 Å². The number of carbonyl (C=O) groups excluding carboxylic acids is 1. The first-order valence-electron chi connectivity index (χ1n) is 4.64. The van der Waals surface area contributed by atoms with Crippen molar-refractivity contribution in [3.05, 3.63) is 30.3 Å². The van der Waals surface area contributed by atoms with E-state index >= 15 is 0 Å². The maximum Gasteiger partial charge on any atom is 0.415 e. The number of para-hydroxylation sites is 1. The van der Waals surface area contributed by atoms with Crippen molar-refractivity contribution in [3.8, 4) is 0 Å². The summed E-state index contributed by atoms with van der Waals surface area (Å²) in [6, 6.07) is 9.10. The molecule has 0 saturated heterocycles. The first-order chi connectivity index (χ1) is 7.61. The lowest BCUT2D eigenvalue weighted by molar-refractivity contribution is 0.152. The normalized spacial score (nSPS) is 9.31. The highest BCUT2D eigenvalue weighted by atomic mass is 16.6. The van der Waals surface area contributed by atoms with Crippen molar-refractivity contribution in [2.45, 2.75) is 0 Å². The summed E-state index contributed by atoms with van der Waals surface area (Å²) in [5.74, 6) is -0.241. The fourth-order valence-corrected chi connectivity index (χ4v) is 1.03. The summed E-state index contributed by atoms with van der Waals surface area (Å²) >= 11 is 0. The molecule has 0 fully saturated rings. The first-order valence-corrected chi connectivity index (χ1v) is 4.64. The van der Waals surface area contributed by atoms with Crippen molar-refractivity contribution in [1.29, 1.82) is 5.41 Å². The Kier molecular flexibility index (Phi) is 4.14. The minimum absolute atomic E-state index is 0.120. The number of nitrogens with zero attached hydrogens (tertiary/aromatic N) is 1. The Morgan fingerprint density at radius 3 is 2.69 bits per heavy atom. The number of guanidine groups is 1. The molecule has 0 bridgehead atoms. The molecule has 1 aromatic carbocycles. The second kappa shape index (κ2) is 5.59. The number of nitrogens with two attached hydrogens (primary N) is 1. The summed E-state index contributed by atoms with van der Waals surface area (Å²) in [6.45, 7) is -0.120. The van der Waals surface area contributed by atoms with E-state index in [1.54, 1.807) is 19.2 Å². The molecule has 0 atom stereocenters. The Morgan fingerprint density at radius 2 is 2.12 bits per heavy atom. The van der Waals surface area contributed by atoms with E-state index in [4.69, 9.17) is 15.9 Å². The first kappa shape index (κ1) is 11.8. The molecule has 1 rings (SSSR count). The number of benzene rings is 1. The monoisotopic (exact) mass is 222 g/mol. The van der Waals surface area contributed by atoms with Crippen molar-refractivity contribution in [2.24, 2.45) is 5.73 Å². The van der Waals surface area contributed by atoms with Crippen LogP contribution < -0.4 is 16.0 Å². The van der Waals surface area contributed by atoms with Crippen LogP contribution in [0.2, 0.25) is 0 Å². The Bertz CT molecular complexity index is 366. The molecular weight excluding hydrogens is 208 g/mol. The van der Waals surface area contributed by atoms with Crippen LogP contribution in [0, 0.1) is 5.41 Å². The van der Waals surface area contributed by atoms with Crippen LogP contribution in [0.25, 0.3) is 0 Å². The SMILES string of the molecule is CN(C(=O)OCNC(=N)N)c1ccccc1. The Hall–Kier alpha value is -2.24. The summed E-state index contributed by atoms with van der Waals surface area (Å²) in [4.78, 5) is 12.8. The van der Waals surface area contributed by atoms with Crippen molar-refractivity contribution in [3.63, 3.8) is 0 Å². The molecule has 86 valence electrons. The lowest BCUT2D eigenvalue weighted by Crippen LogP contribution is -2.36. The van der Waals surface area contributed by atoms with Gasteiger partial charge in [0, 0.05) is 12.7 Å². The van der Waals surface area contributed by atoms with Crippen LogP contribution in [0.1, 0.15) is 0 Å². The lowest BCUT2D eigenvalue weighted by Gasteiger charge is -2.16. The summed E-state index contributed by atoms with van der Waals surface area (Å²) in [7, 11) is 1.60. The van der Waals surface area contributed by atoms with E-state index in [0.29, 0.717) is 0 Å². The molecule has 6 heteroatoms. The third kappa shape index (κ3) is 3.49. The molecular formula is C10H14N4O2. The molecule has 0 aliphatic carbocycles. The van der Waals surface area contributed by atoms with Gasteiger partial charge < -0.3 is 15.8 Å². The van der Waals surface area contributed by atoms with Gasteiger partial charge >= 0.3 is 6.09 Å². The molecule has 0 aromatic heterocycles. The van der Waals surface area contributed by atoms with Crippen LogP contribution in [0.15, 0.2) is 30.3 Å². The van der Waals surface area contributed by atoms with Crippen molar-refractivity contribution in [2.75, 3.05) is 18.7 Å². The summed E-state index contributed by atoms with van der Waals surface area (Å²) in [5.41, 5.74) is 5.76. The minimum atomic E-state index is -0.514. The molecule has 0 aliphatic rings. The highest BCUT2D eigenvalue weighted by Crippen LogP contribution is 2.11. The van der Waals surface area contributed by atoms with Crippen LogP contribution >= 0.6 is 0 Å². The summed E-state index contributed by atoms with van der Waals surface area (Å²) in [5, 5.41) is 9.25. The molecule has 0 saturated carbocycles. The number of nitrogens with one attached hydrogen (secondary N) is 2. The van der Waals surface area contributed by atoms with Crippen LogP contribution in [-0.2, 0) is 4.74 Å². The zero-order valence-corrected chi connectivity index (χ0v) is 8.93. The summed E-state index contributed by atoms with van der Waals surface area (Å²) < 4.78 is 4.82. The van der Waals surface area contributed by atoms with E-state index in [1.807, 2.05) is 18.2 Å². The van der Waals surface area contributed by atoms with Gasteiger partial charge in [-0.25, -0.2) is 4.79 Å². The molecule has 4 N–H and O–H groups in total. The maximum absolute atomic E-state index is 11.5. The molecule has 0 radical (unpaired) electrons. The molecule has 6 nitrogen and oxygen atoms in total. The summed E-state index contributed by atoms with van der Waals surface area (Å²) in [6.07, 6.45) is -0.514. The third-order valence-corrected chi connectivity index (χ3v) is 1.88. The highest BCUT2D eigenvalue weighted by molar-refractivity contribution is 5.87. The van der Waals surface area contributed by atoms with E-state index < -0.39 is 6.09 Å². The van der Waals surface area contributed by atoms with Crippen molar-refractivity contribution in [1.82, 2.24) is 5.32 Å². The largest absolute Gasteiger partial charge is 0.428 e. The lowest BCUT2D eigenvalue weighted by atomic mass is 10.3. The van der Waals surface area contributed by atoms with Gasteiger partial charge in [0.05, 0.1) is 0 Å². The third-order valence-electron chi connectivity index (χ3n) is 1.88. The number of anilines is 1. The van der Waals surface area contributed by atoms with E-state index in [9.17, 15) is 4.79 Å². The molecule has 1 amide bonds. The van der Waals surface area contributed by atoms with Gasteiger partial charge in [0.15, 0.2) is 12.7 Å². The maximum atomic E-state index is 11.5. The van der Waals surface area contributed by atoms with Crippen molar-refractivity contribution >= 4 is 17.7 Å². The Balaban J connectivity index is 2.45. The average molecular weight is 222 g/mol. The fraction of sp³-hybridized carbons (Fsp3) is 0.200. The average Bonchev–Trinajstić information content (AvgIpc) is 2.28. The topological polar surface area (TPSA) is 91.4 Å². The van der Waals surface area contributed by atoms with Gasteiger partial charge in [0.2, 0.25) is 0 Å². The zero-order valence-electron chi connectivity index (χ0n) is 8.93. The van der Waals surface area contributed by atoms with Gasteiger partial charge in [-0.2, -0.15) is 0 Å². The van der Waals surface area contributed by atoms with Crippen LogP contribution in [-0.4, -0.2) is 25.8 Å². The number of ether oxygens (including phenoxy) is 1. The zero-order chi connectivity index (χ0) is 12.0. The number of hydrogen-bond donors (Lipinski definition) is 3. The standard InChI is InChI=1S/C10H14N4O2/c1-14(8-5-3-2-4-6-8)10(15)16-7-13-9(11)12/h2-6H,7H2,1H3,(H4,11,12,13). The van der Waals surface area contributed by atoms with Gasteiger partial charge in [0.25, 0.3) is 0 Å².